The number of nitrogens with zero attached hydrogens (tertiary/aromatic N) is 1. The van der Waals surface area contributed by atoms with Crippen molar-refractivity contribution in [3.05, 3.63) is 53.7 Å². The first-order chi connectivity index (χ1) is 17.4. The monoisotopic (exact) mass is 496 g/mol. The van der Waals surface area contributed by atoms with Crippen LogP contribution < -0.4 is 20.1 Å². The van der Waals surface area contributed by atoms with Gasteiger partial charge in [0.05, 0.1) is 42.5 Å². The number of hydrogen-bond acceptors (Lipinski definition) is 6. The molecule has 9 heteroatoms. The number of aliphatic hydroxyl groups is 1. The largest absolute Gasteiger partial charge is 0.492 e. The minimum absolute atomic E-state index is 0.0619. The summed E-state index contributed by atoms with van der Waals surface area (Å²) in [4.78, 5) is 20.5. The van der Waals surface area contributed by atoms with Crippen LogP contribution in [-0.4, -0.2) is 47.8 Å². The lowest BCUT2D eigenvalue weighted by atomic mass is 9.91. The molecule has 192 valence electrons. The molecular formula is C27H33FN4O4. The fourth-order valence-corrected chi connectivity index (χ4v) is 4.48. The normalized spacial score (nSPS) is 14.5. The Morgan fingerprint density at radius 3 is 2.81 bits per heavy atom. The van der Waals surface area contributed by atoms with Gasteiger partial charge in [-0.3, -0.25) is 9.78 Å². The molecule has 4 rings (SSSR count). The van der Waals surface area contributed by atoms with Gasteiger partial charge in [0.1, 0.15) is 5.75 Å². The third-order valence-electron chi connectivity index (χ3n) is 6.84. The van der Waals surface area contributed by atoms with Gasteiger partial charge in [-0.2, -0.15) is 0 Å². The molecule has 4 N–H and O–H groups in total. The summed E-state index contributed by atoms with van der Waals surface area (Å²) in [7, 11) is 1.40. The van der Waals surface area contributed by atoms with E-state index in [-0.39, 0.29) is 18.3 Å². The lowest BCUT2D eigenvalue weighted by molar-refractivity contribution is 0.0947. The maximum absolute atomic E-state index is 14.4. The Balaban J connectivity index is 1.69. The van der Waals surface area contributed by atoms with E-state index in [1.165, 1.54) is 13.2 Å². The molecule has 2 unspecified atom stereocenters. The number of anilines is 2. The number of para-hydroxylation sites is 1. The van der Waals surface area contributed by atoms with Crippen molar-refractivity contribution in [3.8, 4) is 22.8 Å². The molecule has 0 radical (unpaired) electrons. The predicted octanol–water partition coefficient (Wildman–Crippen LogP) is 4.68. The van der Waals surface area contributed by atoms with Crippen LogP contribution in [0.25, 0.3) is 11.3 Å². The molecule has 36 heavy (non-hydrogen) atoms. The standard InChI is InChI=1S/C27H33FN4O4/c1-16(9-13-33)17(2)10-14-36-22-15-29-11-7-18(22)24-25(23-20(31-24)8-12-30-27(23)34)32-21-6-4-5-19(28)26(21)35-3/h4-7,11,15-17,31-33H,8-10,12-14H2,1-3H3,(H,30,34). The van der Waals surface area contributed by atoms with Crippen LogP contribution in [0.15, 0.2) is 36.7 Å². The number of aromatic amines is 1. The minimum atomic E-state index is -0.504. The van der Waals surface area contributed by atoms with E-state index < -0.39 is 5.82 Å². The van der Waals surface area contributed by atoms with Crippen LogP contribution in [0.2, 0.25) is 0 Å². The van der Waals surface area contributed by atoms with Gasteiger partial charge in [0.15, 0.2) is 11.6 Å². The maximum Gasteiger partial charge on any atom is 0.255 e. The summed E-state index contributed by atoms with van der Waals surface area (Å²) in [6, 6.07) is 6.43. The molecule has 0 fully saturated rings. The number of fused-ring (bicyclic) bond motifs is 1. The van der Waals surface area contributed by atoms with E-state index in [4.69, 9.17) is 9.47 Å². The van der Waals surface area contributed by atoms with Crippen molar-refractivity contribution in [1.29, 1.82) is 0 Å². The number of carbonyl (C=O) groups is 1. The van der Waals surface area contributed by atoms with Crippen LogP contribution >= 0.6 is 0 Å². The quantitative estimate of drug-likeness (QED) is 0.307. The van der Waals surface area contributed by atoms with Gasteiger partial charge in [-0.05, 0) is 42.9 Å². The van der Waals surface area contributed by atoms with Gasteiger partial charge in [-0.1, -0.05) is 19.9 Å². The Morgan fingerprint density at radius 2 is 2.03 bits per heavy atom. The maximum atomic E-state index is 14.4. The molecule has 3 heterocycles. The van der Waals surface area contributed by atoms with Crippen LogP contribution in [0.4, 0.5) is 15.8 Å². The van der Waals surface area contributed by atoms with Crippen LogP contribution in [0.5, 0.6) is 11.5 Å². The molecule has 2 aromatic heterocycles. The first-order valence-electron chi connectivity index (χ1n) is 12.2. The van der Waals surface area contributed by atoms with Crippen LogP contribution in [0.3, 0.4) is 0 Å². The Morgan fingerprint density at radius 1 is 1.22 bits per heavy atom. The number of carbonyl (C=O) groups excluding carboxylic acids is 1. The van der Waals surface area contributed by atoms with Crippen molar-refractivity contribution in [2.75, 3.05) is 32.2 Å². The molecule has 1 amide bonds. The van der Waals surface area contributed by atoms with E-state index in [1.54, 1.807) is 24.5 Å². The van der Waals surface area contributed by atoms with Gasteiger partial charge in [0.2, 0.25) is 0 Å². The Bertz CT molecular complexity index is 1210. The minimum Gasteiger partial charge on any atom is -0.492 e. The summed E-state index contributed by atoms with van der Waals surface area (Å²) < 4.78 is 25.8. The second-order valence-electron chi connectivity index (χ2n) is 9.16. The predicted molar refractivity (Wildman–Crippen MR) is 136 cm³/mol. The number of benzene rings is 1. The molecule has 1 aromatic carbocycles. The number of methoxy groups -OCH3 is 1. The summed E-state index contributed by atoms with van der Waals surface area (Å²) in [5.74, 6) is 0.698. The fraction of sp³-hybridized carbons (Fsp3) is 0.407. The highest BCUT2D eigenvalue weighted by molar-refractivity contribution is 6.06. The number of rotatable bonds is 11. The number of aliphatic hydroxyl groups excluding tert-OH is 1. The molecule has 1 aliphatic rings. The number of ether oxygens (including phenoxy) is 2. The lowest BCUT2D eigenvalue weighted by Gasteiger charge is -2.20. The van der Waals surface area contributed by atoms with E-state index in [9.17, 15) is 14.3 Å². The number of hydrogen-bond donors (Lipinski definition) is 4. The van der Waals surface area contributed by atoms with Gasteiger partial charge < -0.3 is 30.2 Å². The number of pyridine rings is 1. The van der Waals surface area contributed by atoms with E-state index in [0.717, 1.165) is 24.1 Å². The molecule has 8 nitrogen and oxygen atoms in total. The number of amides is 1. The SMILES string of the molecule is COc1c(F)cccc1Nc1c(-c2ccncc2OCCC(C)C(C)CCO)[nH]c2c1C(=O)NCC2. The van der Waals surface area contributed by atoms with Crippen molar-refractivity contribution < 1.29 is 23.8 Å². The summed E-state index contributed by atoms with van der Waals surface area (Å²) >= 11 is 0. The van der Waals surface area contributed by atoms with Gasteiger partial charge in [-0.15, -0.1) is 0 Å². The summed E-state index contributed by atoms with van der Waals surface area (Å²) in [5.41, 5.74) is 3.59. The van der Waals surface area contributed by atoms with Gasteiger partial charge in [0.25, 0.3) is 5.91 Å². The summed E-state index contributed by atoms with van der Waals surface area (Å²) in [6.45, 7) is 5.47. The lowest BCUT2D eigenvalue weighted by Crippen LogP contribution is -2.31. The fourth-order valence-electron chi connectivity index (χ4n) is 4.48. The van der Waals surface area contributed by atoms with Crippen molar-refractivity contribution in [2.24, 2.45) is 11.8 Å². The summed E-state index contributed by atoms with van der Waals surface area (Å²) in [5, 5.41) is 15.3. The van der Waals surface area contributed by atoms with Crippen molar-refractivity contribution in [1.82, 2.24) is 15.3 Å². The van der Waals surface area contributed by atoms with Crippen molar-refractivity contribution >= 4 is 17.3 Å². The molecule has 0 bridgehead atoms. The zero-order valence-electron chi connectivity index (χ0n) is 20.9. The molecule has 3 aromatic rings. The Labute approximate surface area is 210 Å². The van der Waals surface area contributed by atoms with E-state index in [1.807, 2.05) is 6.07 Å². The molecule has 1 aliphatic heterocycles. The zero-order chi connectivity index (χ0) is 25.7. The molecule has 0 spiro atoms. The van der Waals surface area contributed by atoms with Gasteiger partial charge >= 0.3 is 0 Å². The highest BCUT2D eigenvalue weighted by atomic mass is 19.1. The molecule has 2 atom stereocenters. The van der Waals surface area contributed by atoms with E-state index in [2.05, 4.69) is 34.4 Å². The molecule has 0 saturated carbocycles. The smallest absolute Gasteiger partial charge is 0.255 e. The van der Waals surface area contributed by atoms with E-state index in [0.29, 0.717) is 59.8 Å². The van der Waals surface area contributed by atoms with E-state index >= 15 is 0 Å². The van der Waals surface area contributed by atoms with Crippen molar-refractivity contribution in [3.63, 3.8) is 0 Å². The second-order valence-corrected chi connectivity index (χ2v) is 9.16. The third-order valence-corrected chi connectivity index (χ3v) is 6.84. The van der Waals surface area contributed by atoms with Crippen LogP contribution in [-0.2, 0) is 6.42 Å². The first kappa shape index (κ1) is 25.5. The zero-order valence-corrected chi connectivity index (χ0v) is 20.9. The highest BCUT2D eigenvalue weighted by Crippen LogP contribution is 2.42. The van der Waals surface area contributed by atoms with Crippen LogP contribution in [0, 0.1) is 17.7 Å². The Hall–Kier alpha value is -3.59. The Kier molecular flexibility index (Phi) is 8.10. The molecule has 0 saturated heterocycles. The van der Waals surface area contributed by atoms with Gasteiger partial charge in [-0.25, -0.2) is 4.39 Å². The summed E-state index contributed by atoms with van der Waals surface area (Å²) in [6.07, 6.45) is 5.54. The van der Waals surface area contributed by atoms with Crippen molar-refractivity contribution in [2.45, 2.75) is 33.1 Å². The number of nitrogens with one attached hydrogen (secondary N) is 3. The van der Waals surface area contributed by atoms with Crippen LogP contribution in [0.1, 0.15) is 42.7 Å². The molecular weight excluding hydrogens is 463 g/mol. The third kappa shape index (κ3) is 5.31. The topological polar surface area (TPSA) is 108 Å². The second kappa shape index (κ2) is 11.4. The molecule has 0 aliphatic carbocycles. The average molecular weight is 497 g/mol. The van der Waals surface area contributed by atoms with Gasteiger partial charge in [0, 0.05) is 37.0 Å². The number of aromatic nitrogens is 2. The number of H-pyrrole nitrogens is 1. The first-order valence-corrected chi connectivity index (χ1v) is 12.2. The number of halogens is 1. The average Bonchev–Trinajstić information content (AvgIpc) is 3.24. The highest BCUT2D eigenvalue weighted by Gasteiger charge is 2.29.